The molecule has 0 fully saturated rings. The van der Waals surface area contributed by atoms with Crippen molar-refractivity contribution in [3.63, 3.8) is 0 Å². The van der Waals surface area contributed by atoms with Crippen molar-refractivity contribution in [2.75, 3.05) is 0 Å². The van der Waals surface area contributed by atoms with E-state index in [-0.39, 0.29) is 24.5 Å². The number of rotatable bonds is 6. The van der Waals surface area contributed by atoms with Crippen molar-refractivity contribution in [1.82, 2.24) is 15.3 Å². The molecule has 1 amide bonds. The summed E-state index contributed by atoms with van der Waals surface area (Å²) in [4.78, 5) is 31.5. The molecular weight excluding hydrogens is 370 g/mol. The summed E-state index contributed by atoms with van der Waals surface area (Å²) in [7, 11) is 0. The minimum atomic E-state index is -0.166. The molecule has 3 aromatic rings. The third kappa shape index (κ3) is 4.08. The van der Waals surface area contributed by atoms with Gasteiger partial charge in [-0.15, -0.1) is 0 Å². The maximum absolute atomic E-state index is 12.0. The number of para-hydroxylation sites is 2. The standard InChI is InChI=1S/C18H16BrN3O2/c19-13-7-5-12(6-8-13)16(23)9-10-18(24)20-11-17-21-14-3-1-2-4-15(14)22-17/h1-8H,9-11H2,(H,20,24)(H,21,22). The zero-order valence-electron chi connectivity index (χ0n) is 12.9. The van der Waals surface area contributed by atoms with Gasteiger partial charge in [0, 0.05) is 22.9 Å². The minimum absolute atomic E-state index is 0.0404. The Hall–Kier alpha value is -2.47. The van der Waals surface area contributed by atoms with Crippen LogP contribution < -0.4 is 5.32 Å². The minimum Gasteiger partial charge on any atom is -0.349 e. The molecule has 1 aromatic heterocycles. The van der Waals surface area contributed by atoms with Crippen molar-refractivity contribution in [3.8, 4) is 0 Å². The van der Waals surface area contributed by atoms with E-state index in [0.717, 1.165) is 15.5 Å². The Kier molecular flexibility index (Phi) is 5.05. The second-order valence-electron chi connectivity index (χ2n) is 5.41. The summed E-state index contributed by atoms with van der Waals surface area (Å²) < 4.78 is 0.919. The highest BCUT2D eigenvalue weighted by Gasteiger charge is 2.10. The molecule has 0 radical (unpaired) electrons. The van der Waals surface area contributed by atoms with Gasteiger partial charge >= 0.3 is 0 Å². The van der Waals surface area contributed by atoms with E-state index in [1.54, 1.807) is 12.1 Å². The smallest absolute Gasteiger partial charge is 0.220 e. The van der Waals surface area contributed by atoms with Crippen molar-refractivity contribution in [3.05, 3.63) is 64.4 Å². The number of H-pyrrole nitrogens is 1. The first-order chi connectivity index (χ1) is 11.6. The van der Waals surface area contributed by atoms with Crippen LogP contribution in [-0.2, 0) is 11.3 Å². The molecule has 6 heteroatoms. The van der Waals surface area contributed by atoms with E-state index in [4.69, 9.17) is 0 Å². The van der Waals surface area contributed by atoms with Crippen LogP contribution in [0.2, 0.25) is 0 Å². The van der Waals surface area contributed by atoms with Crippen LogP contribution in [0.3, 0.4) is 0 Å². The number of fused-ring (bicyclic) bond motifs is 1. The molecule has 0 aliphatic heterocycles. The van der Waals surface area contributed by atoms with Crippen LogP contribution in [0.1, 0.15) is 29.0 Å². The average Bonchev–Trinajstić information content (AvgIpc) is 3.01. The molecule has 2 N–H and O–H groups in total. The summed E-state index contributed by atoms with van der Waals surface area (Å²) in [6, 6.07) is 14.8. The molecule has 0 bridgehead atoms. The predicted octanol–water partition coefficient (Wildman–Crippen LogP) is 3.60. The second kappa shape index (κ2) is 7.40. The van der Waals surface area contributed by atoms with Crippen molar-refractivity contribution < 1.29 is 9.59 Å². The molecule has 0 unspecified atom stereocenters. The monoisotopic (exact) mass is 385 g/mol. The molecule has 122 valence electrons. The number of carbonyl (C=O) groups excluding carboxylic acids is 2. The fourth-order valence-corrected chi connectivity index (χ4v) is 2.63. The zero-order valence-corrected chi connectivity index (χ0v) is 14.5. The van der Waals surface area contributed by atoms with E-state index in [0.29, 0.717) is 17.9 Å². The lowest BCUT2D eigenvalue weighted by atomic mass is 10.1. The van der Waals surface area contributed by atoms with Gasteiger partial charge in [0.2, 0.25) is 5.91 Å². The maximum Gasteiger partial charge on any atom is 0.220 e. The Morgan fingerprint density at radius 2 is 1.79 bits per heavy atom. The second-order valence-corrected chi connectivity index (χ2v) is 6.32. The number of Topliss-reactive ketones (excluding diaryl/α,β-unsaturated/α-hetero) is 1. The van der Waals surface area contributed by atoms with Crippen molar-refractivity contribution in [2.24, 2.45) is 0 Å². The van der Waals surface area contributed by atoms with Crippen molar-refractivity contribution >= 4 is 38.7 Å². The number of amides is 1. The molecule has 0 saturated carbocycles. The number of ketones is 1. The maximum atomic E-state index is 12.0. The van der Waals surface area contributed by atoms with E-state index in [9.17, 15) is 9.59 Å². The fourth-order valence-electron chi connectivity index (χ4n) is 2.37. The van der Waals surface area contributed by atoms with E-state index in [1.807, 2.05) is 36.4 Å². The lowest BCUT2D eigenvalue weighted by Gasteiger charge is -2.03. The number of aromatic amines is 1. The SMILES string of the molecule is O=C(CCC(=O)c1ccc(Br)cc1)NCc1nc2ccccc2[nH]1. The van der Waals surface area contributed by atoms with E-state index in [1.165, 1.54) is 0 Å². The lowest BCUT2D eigenvalue weighted by molar-refractivity contribution is -0.121. The molecule has 0 aliphatic carbocycles. The highest BCUT2D eigenvalue weighted by atomic mass is 79.9. The molecule has 0 spiro atoms. The normalized spacial score (nSPS) is 10.7. The number of aromatic nitrogens is 2. The largest absolute Gasteiger partial charge is 0.349 e. The first-order valence-electron chi connectivity index (χ1n) is 7.61. The van der Waals surface area contributed by atoms with Crippen molar-refractivity contribution in [1.29, 1.82) is 0 Å². The van der Waals surface area contributed by atoms with Crippen LogP contribution in [0.4, 0.5) is 0 Å². The number of hydrogen-bond acceptors (Lipinski definition) is 3. The van der Waals surface area contributed by atoms with Gasteiger partial charge in [0.05, 0.1) is 17.6 Å². The number of nitrogens with zero attached hydrogens (tertiary/aromatic N) is 1. The van der Waals surface area contributed by atoms with Crippen LogP contribution in [0.15, 0.2) is 53.0 Å². The Bertz CT molecular complexity index is 838. The zero-order chi connectivity index (χ0) is 16.9. The van der Waals surface area contributed by atoms with Gasteiger partial charge in [0.25, 0.3) is 0 Å². The molecule has 5 nitrogen and oxygen atoms in total. The third-order valence-electron chi connectivity index (χ3n) is 3.64. The third-order valence-corrected chi connectivity index (χ3v) is 4.17. The number of imidazole rings is 1. The highest BCUT2D eigenvalue weighted by molar-refractivity contribution is 9.10. The van der Waals surface area contributed by atoms with Gasteiger partial charge in [0.15, 0.2) is 5.78 Å². The topological polar surface area (TPSA) is 74.8 Å². The van der Waals surface area contributed by atoms with Crippen LogP contribution >= 0.6 is 15.9 Å². The molecule has 0 saturated heterocycles. The summed E-state index contributed by atoms with van der Waals surface area (Å²) in [6.45, 7) is 0.319. The number of hydrogen-bond donors (Lipinski definition) is 2. The fraction of sp³-hybridized carbons (Fsp3) is 0.167. The number of halogens is 1. The molecule has 2 aromatic carbocycles. The summed E-state index contributed by atoms with van der Waals surface area (Å²) in [5.74, 6) is 0.492. The van der Waals surface area contributed by atoms with E-state index >= 15 is 0 Å². The first kappa shape index (κ1) is 16.4. The van der Waals surface area contributed by atoms with Crippen molar-refractivity contribution in [2.45, 2.75) is 19.4 Å². The Balaban J connectivity index is 1.48. The highest BCUT2D eigenvalue weighted by Crippen LogP contribution is 2.13. The lowest BCUT2D eigenvalue weighted by Crippen LogP contribution is -2.23. The number of nitrogens with one attached hydrogen (secondary N) is 2. The summed E-state index contributed by atoms with van der Waals surface area (Å²) in [5.41, 5.74) is 2.42. The molecule has 0 atom stereocenters. The van der Waals surface area contributed by atoms with Gasteiger partial charge < -0.3 is 10.3 Å². The quantitative estimate of drug-likeness (QED) is 0.636. The molecular formula is C18H16BrN3O2. The van der Waals surface area contributed by atoms with Crippen LogP contribution in [0, 0.1) is 0 Å². The van der Waals surface area contributed by atoms with Gasteiger partial charge in [-0.3, -0.25) is 9.59 Å². The summed E-state index contributed by atoms with van der Waals surface area (Å²) >= 11 is 3.33. The predicted molar refractivity (Wildman–Crippen MR) is 95.6 cm³/mol. The van der Waals surface area contributed by atoms with Gasteiger partial charge in [0.1, 0.15) is 5.82 Å². The Morgan fingerprint density at radius 3 is 2.54 bits per heavy atom. The number of benzene rings is 2. The van der Waals surface area contributed by atoms with Gasteiger partial charge in [-0.2, -0.15) is 0 Å². The summed E-state index contributed by atoms with van der Waals surface area (Å²) in [5, 5.41) is 2.78. The summed E-state index contributed by atoms with van der Waals surface area (Å²) in [6.07, 6.45) is 0.350. The van der Waals surface area contributed by atoms with Gasteiger partial charge in [-0.05, 0) is 24.3 Å². The van der Waals surface area contributed by atoms with Gasteiger partial charge in [-0.1, -0.05) is 40.2 Å². The van der Waals surface area contributed by atoms with Crippen LogP contribution in [0.5, 0.6) is 0 Å². The van der Waals surface area contributed by atoms with Crippen LogP contribution in [-0.4, -0.2) is 21.7 Å². The Labute approximate surface area is 147 Å². The molecule has 24 heavy (non-hydrogen) atoms. The van der Waals surface area contributed by atoms with Gasteiger partial charge in [-0.25, -0.2) is 4.98 Å². The van der Waals surface area contributed by atoms with E-state index in [2.05, 4.69) is 31.2 Å². The first-order valence-corrected chi connectivity index (χ1v) is 8.40. The average molecular weight is 386 g/mol. The molecule has 1 heterocycles. The number of carbonyl (C=O) groups is 2. The van der Waals surface area contributed by atoms with E-state index < -0.39 is 0 Å². The van der Waals surface area contributed by atoms with Crippen LogP contribution in [0.25, 0.3) is 11.0 Å². The molecule has 0 aliphatic rings. The Morgan fingerprint density at radius 1 is 1.04 bits per heavy atom. The molecule has 3 rings (SSSR count).